The van der Waals surface area contributed by atoms with Crippen molar-refractivity contribution < 1.29 is 9.53 Å². The summed E-state index contributed by atoms with van der Waals surface area (Å²) in [4.78, 5) is 18.6. The lowest BCUT2D eigenvalue weighted by Crippen LogP contribution is -2.36. The van der Waals surface area contributed by atoms with Gasteiger partial charge in [0.05, 0.1) is 25.1 Å². The number of carbonyl (C=O) groups excluding carboxylic acids is 1. The van der Waals surface area contributed by atoms with Gasteiger partial charge in [-0.05, 0) is 30.3 Å². The Morgan fingerprint density at radius 1 is 1.23 bits per heavy atom. The molecule has 5 nitrogen and oxygen atoms in total. The molecule has 0 unspecified atom stereocenters. The number of halogens is 1. The molecule has 1 aliphatic heterocycles. The van der Waals surface area contributed by atoms with E-state index in [1.165, 1.54) is 0 Å². The summed E-state index contributed by atoms with van der Waals surface area (Å²) in [6, 6.07) is 10.6. The van der Waals surface area contributed by atoms with Gasteiger partial charge in [0.2, 0.25) is 0 Å². The number of rotatable bonds is 3. The van der Waals surface area contributed by atoms with Crippen LogP contribution in [-0.4, -0.2) is 37.2 Å². The molecule has 3 rings (SSSR count). The van der Waals surface area contributed by atoms with E-state index in [1.807, 2.05) is 6.07 Å². The number of aromatic nitrogens is 1. The van der Waals surface area contributed by atoms with Gasteiger partial charge < -0.3 is 15.0 Å². The summed E-state index contributed by atoms with van der Waals surface area (Å²) in [7, 11) is 0. The van der Waals surface area contributed by atoms with E-state index in [0.717, 1.165) is 32.0 Å². The van der Waals surface area contributed by atoms with Crippen LogP contribution in [0.25, 0.3) is 0 Å². The minimum atomic E-state index is -0.228. The molecule has 2 aromatic rings. The molecule has 22 heavy (non-hydrogen) atoms. The normalized spacial score (nSPS) is 14.7. The van der Waals surface area contributed by atoms with Crippen LogP contribution in [0.1, 0.15) is 10.4 Å². The van der Waals surface area contributed by atoms with Crippen molar-refractivity contribution in [3.05, 3.63) is 53.2 Å². The summed E-state index contributed by atoms with van der Waals surface area (Å²) in [5.74, 6) is 0.288. The molecule has 0 bridgehead atoms. The van der Waals surface area contributed by atoms with Gasteiger partial charge in [0.1, 0.15) is 5.82 Å². The number of carbonyl (C=O) groups is 1. The van der Waals surface area contributed by atoms with Crippen LogP contribution < -0.4 is 10.2 Å². The fourth-order valence-corrected chi connectivity index (χ4v) is 2.48. The molecule has 1 aliphatic rings. The highest BCUT2D eigenvalue weighted by Gasteiger charge is 2.12. The summed E-state index contributed by atoms with van der Waals surface area (Å²) < 4.78 is 5.33. The Balaban J connectivity index is 1.66. The van der Waals surface area contributed by atoms with Gasteiger partial charge in [0.15, 0.2) is 0 Å². The summed E-state index contributed by atoms with van der Waals surface area (Å²) in [6.45, 7) is 3.17. The summed E-state index contributed by atoms with van der Waals surface area (Å²) in [5, 5.41) is 3.29. The van der Waals surface area contributed by atoms with E-state index in [1.54, 1.807) is 36.5 Å². The van der Waals surface area contributed by atoms with Crippen LogP contribution in [0.4, 0.5) is 11.5 Å². The van der Waals surface area contributed by atoms with Gasteiger partial charge in [-0.3, -0.25) is 4.79 Å². The molecule has 0 radical (unpaired) electrons. The highest BCUT2D eigenvalue weighted by atomic mass is 35.5. The second kappa shape index (κ2) is 6.77. The Morgan fingerprint density at radius 2 is 2.05 bits per heavy atom. The maximum atomic E-state index is 12.1. The van der Waals surface area contributed by atoms with Gasteiger partial charge in [0, 0.05) is 23.7 Å². The maximum Gasteiger partial charge on any atom is 0.256 e. The molecule has 1 amide bonds. The fourth-order valence-electron chi connectivity index (χ4n) is 2.29. The first-order chi connectivity index (χ1) is 10.7. The first kappa shape index (κ1) is 14.8. The summed E-state index contributed by atoms with van der Waals surface area (Å²) >= 11 is 5.89. The van der Waals surface area contributed by atoms with Crippen LogP contribution in [0.2, 0.25) is 5.02 Å². The molecule has 0 aliphatic carbocycles. The minimum Gasteiger partial charge on any atom is -0.378 e. The second-order valence-corrected chi connectivity index (χ2v) is 5.40. The van der Waals surface area contributed by atoms with E-state index in [2.05, 4.69) is 15.2 Å². The Bertz CT molecular complexity index is 655. The molecule has 0 atom stereocenters. The van der Waals surface area contributed by atoms with Gasteiger partial charge in [0.25, 0.3) is 5.91 Å². The average Bonchev–Trinajstić information content (AvgIpc) is 2.56. The molecule has 1 N–H and O–H groups in total. The number of amides is 1. The largest absolute Gasteiger partial charge is 0.378 e. The number of hydrogen-bond acceptors (Lipinski definition) is 4. The Kier molecular flexibility index (Phi) is 4.56. The zero-order valence-corrected chi connectivity index (χ0v) is 12.7. The SMILES string of the molecule is O=C(Nc1ccc(N2CCOCC2)cn1)c1cccc(Cl)c1. The van der Waals surface area contributed by atoms with Crippen LogP contribution >= 0.6 is 11.6 Å². The number of ether oxygens (including phenoxy) is 1. The van der Waals surface area contributed by atoms with Crippen molar-refractivity contribution in [2.75, 3.05) is 36.5 Å². The predicted octanol–water partition coefficient (Wildman–Crippen LogP) is 2.82. The van der Waals surface area contributed by atoms with Gasteiger partial charge >= 0.3 is 0 Å². The molecular weight excluding hydrogens is 302 g/mol. The molecule has 6 heteroatoms. The fraction of sp³-hybridized carbons (Fsp3) is 0.250. The lowest BCUT2D eigenvalue weighted by molar-refractivity contribution is 0.102. The molecule has 1 aromatic carbocycles. The second-order valence-electron chi connectivity index (χ2n) is 4.97. The number of pyridine rings is 1. The predicted molar refractivity (Wildman–Crippen MR) is 86.7 cm³/mol. The van der Waals surface area contributed by atoms with Crippen LogP contribution in [0.5, 0.6) is 0 Å². The van der Waals surface area contributed by atoms with Gasteiger partial charge in [-0.25, -0.2) is 4.98 Å². The van der Waals surface area contributed by atoms with Crippen molar-refractivity contribution in [1.29, 1.82) is 0 Å². The Morgan fingerprint density at radius 3 is 2.73 bits per heavy atom. The van der Waals surface area contributed by atoms with Crippen LogP contribution in [0.3, 0.4) is 0 Å². The molecule has 0 saturated carbocycles. The van der Waals surface area contributed by atoms with E-state index in [0.29, 0.717) is 16.4 Å². The third-order valence-corrected chi connectivity index (χ3v) is 3.69. The highest BCUT2D eigenvalue weighted by Crippen LogP contribution is 2.17. The van der Waals surface area contributed by atoms with Crippen molar-refractivity contribution in [2.45, 2.75) is 0 Å². The average molecular weight is 318 g/mol. The van der Waals surface area contributed by atoms with E-state index in [4.69, 9.17) is 16.3 Å². The molecular formula is C16H16ClN3O2. The first-order valence-electron chi connectivity index (χ1n) is 7.08. The van der Waals surface area contributed by atoms with Gasteiger partial charge in [-0.2, -0.15) is 0 Å². The molecule has 1 aromatic heterocycles. The van der Waals surface area contributed by atoms with E-state index < -0.39 is 0 Å². The number of anilines is 2. The standard InChI is InChI=1S/C16H16ClN3O2/c17-13-3-1-2-12(10-13)16(21)19-15-5-4-14(11-18-15)20-6-8-22-9-7-20/h1-5,10-11H,6-9H2,(H,18,19,21). The number of morpholine rings is 1. The highest BCUT2D eigenvalue weighted by molar-refractivity contribution is 6.31. The van der Waals surface area contributed by atoms with Crippen molar-refractivity contribution in [3.63, 3.8) is 0 Å². The van der Waals surface area contributed by atoms with Gasteiger partial charge in [-0.1, -0.05) is 17.7 Å². The lowest BCUT2D eigenvalue weighted by atomic mass is 10.2. The zero-order valence-electron chi connectivity index (χ0n) is 12.0. The zero-order chi connectivity index (χ0) is 15.4. The van der Waals surface area contributed by atoms with E-state index in [-0.39, 0.29) is 5.91 Å². The van der Waals surface area contributed by atoms with Gasteiger partial charge in [-0.15, -0.1) is 0 Å². The third kappa shape index (κ3) is 3.55. The molecule has 114 valence electrons. The molecule has 2 heterocycles. The van der Waals surface area contributed by atoms with Crippen molar-refractivity contribution >= 4 is 29.0 Å². The summed E-state index contributed by atoms with van der Waals surface area (Å²) in [5.41, 5.74) is 1.54. The van der Waals surface area contributed by atoms with Crippen molar-refractivity contribution in [2.24, 2.45) is 0 Å². The van der Waals surface area contributed by atoms with Crippen LogP contribution in [0.15, 0.2) is 42.6 Å². The minimum absolute atomic E-state index is 0.228. The molecule has 1 fully saturated rings. The Hall–Kier alpha value is -2.11. The number of nitrogens with zero attached hydrogens (tertiary/aromatic N) is 2. The van der Waals surface area contributed by atoms with E-state index >= 15 is 0 Å². The Labute approximate surface area is 133 Å². The van der Waals surface area contributed by atoms with E-state index in [9.17, 15) is 4.79 Å². The number of benzene rings is 1. The molecule has 0 spiro atoms. The monoisotopic (exact) mass is 317 g/mol. The number of nitrogens with one attached hydrogen (secondary N) is 1. The van der Waals surface area contributed by atoms with Crippen molar-refractivity contribution in [3.8, 4) is 0 Å². The topological polar surface area (TPSA) is 54.5 Å². The first-order valence-corrected chi connectivity index (χ1v) is 7.46. The number of hydrogen-bond donors (Lipinski definition) is 1. The summed E-state index contributed by atoms with van der Waals surface area (Å²) in [6.07, 6.45) is 1.76. The smallest absolute Gasteiger partial charge is 0.256 e. The van der Waals surface area contributed by atoms with Crippen molar-refractivity contribution in [1.82, 2.24) is 4.98 Å². The third-order valence-electron chi connectivity index (χ3n) is 3.45. The quantitative estimate of drug-likeness (QED) is 0.946. The molecule has 1 saturated heterocycles. The lowest BCUT2D eigenvalue weighted by Gasteiger charge is -2.28. The van der Waals surface area contributed by atoms with Crippen LogP contribution in [-0.2, 0) is 4.74 Å². The van der Waals surface area contributed by atoms with Crippen LogP contribution in [0, 0.1) is 0 Å². The maximum absolute atomic E-state index is 12.1.